The molecule has 3 nitrogen and oxygen atoms in total. The zero-order valence-corrected chi connectivity index (χ0v) is 12.2. The minimum absolute atomic E-state index is 0.0193. The molecule has 0 bridgehead atoms. The summed E-state index contributed by atoms with van der Waals surface area (Å²) in [5.41, 5.74) is 0.573. The summed E-state index contributed by atoms with van der Waals surface area (Å²) in [7, 11) is 1.51. The van der Waals surface area contributed by atoms with Gasteiger partial charge in [0.25, 0.3) is 0 Å². The lowest BCUT2D eigenvalue weighted by Crippen LogP contribution is -2.40. The molecular weight excluding hydrogens is 226 g/mol. The summed E-state index contributed by atoms with van der Waals surface area (Å²) in [4.78, 5) is 11.9. The predicted molar refractivity (Wildman–Crippen MR) is 72.2 cm³/mol. The Kier molecular flexibility index (Phi) is 3.72. The summed E-state index contributed by atoms with van der Waals surface area (Å²) >= 11 is 0. The second-order valence-electron chi connectivity index (χ2n) is 7.21. The van der Waals surface area contributed by atoms with Gasteiger partial charge in [-0.1, -0.05) is 20.8 Å². The number of nitrogens with one attached hydrogen (secondary N) is 1. The molecule has 1 atom stereocenters. The zero-order valence-electron chi connectivity index (χ0n) is 12.2. The maximum Gasteiger partial charge on any atom is 0.310 e. The molecule has 0 aromatic rings. The van der Waals surface area contributed by atoms with E-state index in [4.69, 9.17) is 4.74 Å². The largest absolute Gasteiger partial charge is 0.469 e. The van der Waals surface area contributed by atoms with Gasteiger partial charge in [0.1, 0.15) is 0 Å². The molecule has 1 saturated heterocycles. The van der Waals surface area contributed by atoms with Gasteiger partial charge in [0.05, 0.1) is 13.0 Å². The van der Waals surface area contributed by atoms with Gasteiger partial charge < -0.3 is 10.1 Å². The lowest BCUT2D eigenvalue weighted by molar-refractivity contribution is -0.149. The summed E-state index contributed by atoms with van der Waals surface area (Å²) in [6.07, 6.45) is 4.83. The van der Waals surface area contributed by atoms with Crippen LogP contribution >= 0.6 is 0 Å². The third-order valence-corrected chi connectivity index (χ3v) is 5.26. The van der Waals surface area contributed by atoms with E-state index in [0.29, 0.717) is 5.41 Å². The van der Waals surface area contributed by atoms with Crippen LogP contribution in [0.1, 0.15) is 46.5 Å². The molecule has 2 rings (SSSR count). The highest BCUT2D eigenvalue weighted by Gasteiger charge is 2.49. The number of carbonyl (C=O) groups is 1. The van der Waals surface area contributed by atoms with E-state index in [0.717, 1.165) is 19.0 Å². The van der Waals surface area contributed by atoms with Gasteiger partial charge in [-0.25, -0.2) is 0 Å². The van der Waals surface area contributed by atoms with Crippen LogP contribution in [0.25, 0.3) is 0 Å². The average Bonchev–Trinajstić information content (AvgIpc) is 2.71. The first-order chi connectivity index (χ1) is 8.39. The quantitative estimate of drug-likeness (QED) is 0.730. The van der Waals surface area contributed by atoms with E-state index in [-0.39, 0.29) is 17.3 Å². The van der Waals surface area contributed by atoms with Crippen LogP contribution in [0.3, 0.4) is 0 Å². The van der Waals surface area contributed by atoms with Crippen molar-refractivity contribution in [2.45, 2.75) is 46.5 Å². The van der Waals surface area contributed by atoms with Crippen molar-refractivity contribution in [3.63, 3.8) is 0 Å². The van der Waals surface area contributed by atoms with Gasteiger partial charge in [-0.2, -0.15) is 0 Å². The van der Waals surface area contributed by atoms with Crippen LogP contribution in [0.4, 0.5) is 0 Å². The lowest BCUT2D eigenvalue weighted by atomic mass is 9.61. The molecule has 1 unspecified atom stereocenters. The molecule has 1 aliphatic heterocycles. The highest BCUT2D eigenvalue weighted by atomic mass is 16.5. The number of ether oxygens (including phenoxy) is 1. The van der Waals surface area contributed by atoms with Crippen molar-refractivity contribution >= 4 is 5.97 Å². The lowest BCUT2D eigenvalue weighted by Gasteiger charge is -2.44. The Bertz CT molecular complexity index is 311. The minimum atomic E-state index is -0.0193. The van der Waals surface area contributed by atoms with Crippen molar-refractivity contribution < 1.29 is 9.53 Å². The molecule has 1 aliphatic carbocycles. The fourth-order valence-corrected chi connectivity index (χ4v) is 3.86. The van der Waals surface area contributed by atoms with Gasteiger partial charge in [-0.3, -0.25) is 4.79 Å². The van der Waals surface area contributed by atoms with Gasteiger partial charge in [0, 0.05) is 13.1 Å². The molecule has 2 aliphatic rings. The minimum Gasteiger partial charge on any atom is -0.469 e. The van der Waals surface area contributed by atoms with E-state index >= 15 is 0 Å². The number of esters is 1. The molecule has 1 spiro atoms. The molecule has 0 aromatic carbocycles. The first-order valence-corrected chi connectivity index (χ1v) is 7.18. The normalized spacial score (nSPS) is 36.9. The second-order valence-corrected chi connectivity index (χ2v) is 7.21. The fraction of sp³-hybridized carbons (Fsp3) is 0.933. The van der Waals surface area contributed by atoms with Crippen LogP contribution in [-0.4, -0.2) is 26.2 Å². The van der Waals surface area contributed by atoms with Gasteiger partial charge in [0.2, 0.25) is 0 Å². The maximum absolute atomic E-state index is 11.9. The van der Waals surface area contributed by atoms with Crippen molar-refractivity contribution in [1.29, 1.82) is 0 Å². The van der Waals surface area contributed by atoms with Crippen LogP contribution in [-0.2, 0) is 9.53 Å². The van der Waals surface area contributed by atoms with Gasteiger partial charge in [-0.15, -0.1) is 0 Å². The number of carbonyl (C=O) groups excluding carboxylic acids is 1. The monoisotopic (exact) mass is 253 g/mol. The van der Waals surface area contributed by atoms with Crippen molar-refractivity contribution in [2.24, 2.45) is 22.7 Å². The molecule has 104 valence electrons. The summed E-state index contributed by atoms with van der Waals surface area (Å²) < 4.78 is 4.98. The van der Waals surface area contributed by atoms with Crippen LogP contribution < -0.4 is 5.32 Å². The Balaban J connectivity index is 2.04. The van der Waals surface area contributed by atoms with E-state index in [1.165, 1.54) is 32.8 Å². The van der Waals surface area contributed by atoms with Crippen molar-refractivity contribution in [3.05, 3.63) is 0 Å². The third kappa shape index (κ3) is 2.42. The number of methoxy groups -OCH3 is 1. The van der Waals surface area contributed by atoms with Crippen LogP contribution in [0.2, 0.25) is 0 Å². The molecule has 1 N–H and O–H groups in total. The van der Waals surface area contributed by atoms with Gasteiger partial charge in [-0.05, 0) is 42.4 Å². The number of hydrogen-bond acceptors (Lipinski definition) is 3. The van der Waals surface area contributed by atoms with Crippen LogP contribution in [0, 0.1) is 22.7 Å². The fourth-order valence-electron chi connectivity index (χ4n) is 3.86. The van der Waals surface area contributed by atoms with Gasteiger partial charge in [0.15, 0.2) is 0 Å². The van der Waals surface area contributed by atoms with E-state index in [1.807, 2.05) is 0 Å². The molecule has 0 radical (unpaired) electrons. The van der Waals surface area contributed by atoms with Crippen molar-refractivity contribution in [1.82, 2.24) is 5.32 Å². The Hall–Kier alpha value is -0.570. The predicted octanol–water partition coefficient (Wildman–Crippen LogP) is 2.60. The molecule has 0 amide bonds. The molecule has 1 saturated carbocycles. The van der Waals surface area contributed by atoms with E-state index < -0.39 is 0 Å². The summed E-state index contributed by atoms with van der Waals surface area (Å²) in [5, 5.41) is 3.40. The summed E-state index contributed by atoms with van der Waals surface area (Å²) in [6.45, 7) is 8.79. The van der Waals surface area contributed by atoms with Crippen molar-refractivity contribution in [3.8, 4) is 0 Å². The molecule has 18 heavy (non-hydrogen) atoms. The Morgan fingerprint density at radius 2 is 1.89 bits per heavy atom. The molecule has 3 heteroatoms. The third-order valence-electron chi connectivity index (χ3n) is 5.26. The maximum atomic E-state index is 11.9. The van der Waals surface area contributed by atoms with Gasteiger partial charge >= 0.3 is 5.97 Å². The smallest absolute Gasteiger partial charge is 0.310 e. The van der Waals surface area contributed by atoms with E-state index in [2.05, 4.69) is 26.1 Å². The Labute approximate surface area is 111 Å². The van der Waals surface area contributed by atoms with Crippen LogP contribution in [0.15, 0.2) is 0 Å². The first kappa shape index (κ1) is 13.9. The molecular formula is C15H27NO2. The second kappa shape index (κ2) is 4.84. The molecule has 2 fully saturated rings. The Morgan fingerprint density at radius 3 is 2.39 bits per heavy atom. The molecule has 0 aromatic heterocycles. The highest BCUT2D eigenvalue weighted by molar-refractivity contribution is 5.74. The van der Waals surface area contributed by atoms with E-state index in [1.54, 1.807) is 0 Å². The highest BCUT2D eigenvalue weighted by Crippen LogP contribution is 2.50. The van der Waals surface area contributed by atoms with Crippen molar-refractivity contribution in [2.75, 3.05) is 20.2 Å². The van der Waals surface area contributed by atoms with E-state index in [9.17, 15) is 4.79 Å². The Morgan fingerprint density at radius 1 is 1.28 bits per heavy atom. The average molecular weight is 253 g/mol. The SMILES string of the molecule is COC(=O)C1CNCC12CCC(C(C)(C)C)CC2. The standard InChI is InChI=1S/C15H27NO2/c1-14(2,3)11-5-7-15(8-6-11)10-16-9-12(15)13(17)18-4/h11-12,16H,5-10H2,1-4H3. The number of rotatable bonds is 1. The van der Waals surface area contributed by atoms with Crippen LogP contribution in [0.5, 0.6) is 0 Å². The number of hydrogen-bond donors (Lipinski definition) is 1. The topological polar surface area (TPSA) is 38.3 Å². The zero-order chi connectivity index (χ0) is 13.4. The first-order valence-electron chi connectivity index (χ1n) is 7.18. The molecule has 1 heterocycles. The summed E-state index contributed by atoms with van der Waals surface area (Å²) in [5.74, 6) is 0.847. The summed E-state index contributed by atoms with van der Waals surface area (Å²) in [6, 6.07) is 0.